The van der Waals surface area contributed by atoms with E-state index in [-0.39, 0.29) is 18.2 Å². The summed E-state index contributed by atoms with van der Waals surface area (Å²) in [6.45, 7) is 3.88. The second kappa shape index (κ2) is 8.52. The topological polar surface area (TPSA) is 91.2 Å². The van der Waals surface area contributed by atoms with E-state index in [9.17, 15) is 19.5 Å². The van der Waals surface area contributed by atoms with Crippen LogP contribution in [0.5, 0.6) is 5.75 Å². The van der Waals surface area contributed by atoms with Crippen LogP contribution in [0.1, 0.15) is 39.0 Å². The number of carbonyl (C=O) groups excluding carboxylic acids is 3. The number of anilines is 1. The Morgan fingerprint density at radius 1 is 1.22 bits per heavy atom. The molecule has 0 spiro atoms. The van der Waals surface area contributed by atoms with Crippen molar-refractivity contribution in [2.24, 2.45) is 5.92 Å². The number of quaternary nitrogens is 1. The van der Waals surface area contributed by atoms with E-state index >= 15 is 0 Å². The van der Waals surface area contributed by atoms with Crippen LogP contribution < -0.4 is 19.6 Å². The van der Waals surface area contributed by atoms with Crippen LogP contribution in [-0.2, 0) is 14.4 Å². The molecule has 0 aromatic heterocycles. The van der Waals surface area contributed by atoms with Crippen molar-refractivity contribution < 1.29 is 29.1 Å². The zero-order valence-corrected chi connectivity index (χ0v) is 15.6. The van der Waals surface area contributed by atoms with Crippen LogP contribution in [0, 0.1) is 5.92 Å². The number of carboxylic acids is 1. The van der Waals surface area contributed by atoms with Crippen molar-refractivity contribution >= 4 is 23.5 Å². The van der Waals surface area contributed by atoms with Gasteiger partial charge in [-0.2, -0.15) is 0 Å². The van der Waals surface area contributed by atoms with Crippen molar-refractivity contribution in [1.82, 2.24) is 0 Å². The van der Waals surface area contributed by atoms with E-state index in [1.54, 1.807) is 24.3 Å². The monoisotopic (exact) mass is 374 g/mol. The van der Waals surface area contributed by atoms with Crippen molar-refractivity contribution in [3.05, 3.63) is 24.3 Å². The van der Waals surface area contributed by atoms with Gasteiger partial charge in [0.05, 0.1) is 31.8 Å². The molecule has 1 atom stereocenters. The molecule has 7 heteroatoms. The number of rotatable bonds is 7. The highest BCUT2D eigenvalue weighted by Crippen LogP contribution is 2.25. The Labute approximate surface area is 158 Å². The molecular weight excluding hydrogens is 348 g/mol. The van der Waals surface area contributed by atoms with E-state index in [0.29, 0.717) is 38.2 Å². The molecule has 146 valence electrons. The Hall–Kier alpha value is -2.41. The predicted molar refractivity (Wildman–Crippen MR) is 96.2 cm³/mol. The Balaban J connectivity index is 1.63. The van der Waals surface area contributed by atoms with E-state index in [4.69, 9.17) is 4.74 Å². The third kappa shape index (κ3) is 4.30. The lowest BCUT2D eigenvalue weighted by Gasteiger charge is -2.32. The first-order valence-electron chi connectivity index (χ1n) is 9.66. The number of likely N-dealkylation sites (tertiary alicyclic amines) is 1. The van der Waals surface area contributed by atoms with Crippen LogP contribution in [0.4, 0.5) is 5.69 Å². The number of aliphatic carboxylic acids is 1. The van der Waals surface area contributed by atoms with Crippen LogP contribution in [0.25, 0.3) is 0 Å². The molecule has 1 N–H and O–H groups in total. The SMILES string of the molecule is CCCCOc1ccc(N2C(=O)C[C@@H]([NH+]3CCC(C(=O)[O-])CC3)C2=O)cc1. The smallest absolute Gasteiger partial charge is 0.292 e. The Morgan fingerprint density at radius 2 is 1.89 bits per heavy atom. The highest BCUT2D eigenvalue weighted by Gasteiger charge is 2.46. The minimum absolute atomic E-state index is 0.166. The number of carbonyl (C=O) groups is 3. The van der Waals surface area contributed by atoms with Gasteiger partial charge in [-0.3, -0.25) is 9.59 Å². The first kappa shape index (κ1) is 19.4. The van der Waals surface area contributed by atoms with Crippen molar-refractivity contribution in [3.63, 3.8) is 0 Å². The molecule has 1 aromatic carbocycles. The van der Waals surface area contributed by atoms with Gasteiger partial charge in [-0.05, 0) is 30.7 Å². The molecule has 0 unspecified atom stereocenters. The van der Waals surface area contributed by atoms with E-state index in [2.05, 4.69) is 6.92 Å². The first-order chi connectivity index (χ1) is 13.0. The predicted octanol–water partition coefficient (Wildman–Crippen LogP) is -0.458. The van der Waals surface area contributed by atoms with Crippen LogP contribution in [0.2, 0.25) is 0 Å². The fourth-order valence-electron chi connectivity index (χ4n) is 3.82. The number of amides is 2. The number of imide groups is 1. The van der Waals surface area contributed by atoms with Crippen LogP contribution in [0.15, 0.2) is 24.3 Å². The van der Waals surface area contributed by atoms with Gasteiger partial charge in [0.25, 0.3) is 5.91 Å². The Bertz CT molecular complexity index is 695. The molecule has 0 bridgehead atoms. The van der Waals surface area contributed by atoms with Gasteiger partial charge in [-0.1, -0.05) is 13.3 Å². The lowest BCUT2D eigenvalue weighted by atomic mass is 9.96. The van der Waals surface area contributed by atoms with Gasteiger partial charge in [0.1, 0.15) is 5.75 Å². The van der Waals surface area contributed by atoms with Gasteiger partial charge in [-0.25, -0.2) is 4.90 Å². The van der Waals surface area contributed by atoms with E-state index in [1.807, 2.05) is 0 Å². The number of carboxylic acid groups (broad SMARTS) is 1. The minimum atomic E-state index is -1.02. The highest BCUT2D eigenvalue weighted by molar-refractivity contribution is 6.21. The van der Waals surface area contributed by atoms with Gasteiger partial charge in [0.15, 0.2) is 6.04 Å². The average Bonchev–Trinajstić information content (AvgIpc) is 2.97. The summed E-state index contributed by atoms with van der Waals surface area (Å²) in [6, 6.07) is 6.59. The molecule has 2 aliphatic rings. The van der Waals surface area contributed by atoms with Gasteiger partial charge in [0, 0.05) is 24.7 Å². The second-order valence-corrected chi connectivity index (χ2v) is 7.27. The lowest BCUT2D eigenvalue weighted by Crippen LogP contribution is -3.17. The summed E-state index contributed by atoms with van der Waals surface area (Å²) in [5, 5.41) is 11.0. The average molecular weight is 374 g/mol. The molecule has 2 fully saturated rings. The maximum Gasteiger partial charge on any atom is 0.292 e. The molecular formula is C20H26N2O5. The maximum atomic E-state index is 12.9. The normalized spacial score (nSPS) is 25.7. The fraction of sp³-hybridized carbons (Fsp3) is 0.550. The van der Waals surface area contributed by atoms with Gasteiger partial charge >= 0.3 is 0 Å². The second-order valence-electron chi connectivity index (χ2n) is 7.27. The largest absolute Gasteiger partial charge is 0.550 e. The number of hydrogen-bond acceptors (Lipinski definition) is 5. The molecule has 0 saturated carbocycles. The van der Waals surface area contributed by atoms with Crippen LogP contribution >= 0.6 is 0 Å². The zero-order valence-electron chi connectivity index (χ0n) is 15.6. The molecule has 2 aliphatic heterocycles. The number of unbranched alkanes of at least 4 members (excludes halogenated alkanes) is 1. The Morgan fingerprint density at radius 3 is 2.48 bits per heavy atom. The molecule has 0 radical (unpaired) electrons. The summed E-state index contributed by atoms with van der Waals surface area (Å²) >= 11 is 0. The summed E-state index contributed by atoms with van der Waals surface area (Å²) in [7, 11) is 0. The summed E-state index contributed by atoms with van der Waals surface area (Å²) in [5.41, 5.74) is 0.555. The fourth-order valence-corrected chi connectivity index (χ4v) is 3.82. The van der Waals surface area contributed by atoms with Crippen molar-refractivity contribution in [3.8, 4) is 5.75 Å². The quantitative estimate of drug-likeness (QED) is 0.515. The molecule has 3 rings (SSSR count). The molecule has 1 aromatic rings. The van der Waals surface area contributed by atoms with Crippen molar-refractivity contribution in [2.45, 2.75) is 45.1 Å². The summed E-state index contributed by atoms with van der Waals surface area (Å²) in [5.74, 6) is -1.17. The Kier molecular flexibility index (Phi) is 6.11. The van der Waals surface area contributed by atoms with Crippen LogP contribution in [0.3, 0.4) is 0 Å². The van der Waals surface area contributed by atoms with E-state index in [1.165, 1.54) is 4.90 Å². The van der Waals surface area contributed by atoms with E-state index in [0.717, 1.165) is 23.5 Å². The number of piperidine rings is 1. The number of nitrogens with zero attached hydrogens (tertiary/aromatic N) is 1. The first-order valence-corrected chi connectivity index (χ1v) is 9.66. The van der Waals surface area contributed by atoms with Gasteiger partial charge < -0.3 is 19.5 Å². The molecule has 2 amide bonds. The third-order valence-corrected chi connectivity index (χ3v) is 5.46. The van der Waals surface area contributed by atoms with Crippen molar-refractivity contribution in [1.29, 1.82) is 0 Å². The third-order valence-electron chi connectivity index (χ3n) is 5.46. The molecule has 27 heavy (non-hydrogen) atoms. The van der Waals surface area contributed by atoms with E-state index < -0.39 is 17.9 Å². The van der Waals surface area contributed by atoms with Crippen molar-refractivity contribution in [2.75, 3.05) is 24.6 Å². The van der Waals surface area contributed by atoms with Gasteiger partial charge in [-0.15, -0.1) is 0 Å². The number of hydrogen-bond donors (Lipinski definition) is 1. The number of ether oxygens (including phenoxy) is 1. The molecule has 7 nitrogen and oxygen atoms in total. The summed E-state index contributed by atoms with van der Waals surface area (Å²) in [4.78, 5) is 38.5. The molecule has 2 heterocycles. The van der Waals surface area contributed by atoms with Gasteiger partial charge in [0.2, 0.25) is 5.91 Å². The lowest BCUT2D eigenvalue weighted by molar-refractivity contribution is -0.920. The molecule has 2 saturated heterocycles. The number of nitrogens with one attached hydrogen (secondary N) is 1. The minimum Gasteiger partial charge on any atom is -0.550 e. The maximum absolute atomic E-state index is 12.9. The highest BCUT2D eigenvalue weighted by atomic mass is 16.5. The standard InChI is InChI=1S/C20H26N2O5/c1-2-3-12-27-16-6-4-15(5-7-16)22-18(23)13-17(19(22)24)21-10-8-14(9-11-21)20(25)26/h4-7,14,17H,2-3,8-13H2,1H3,(H,25,26)/t17-/m1/s1. The summed E-state index contributed by atoms with van der Waals surface area (Å²) < 4.78 is 5.62. The molecule has 0 aliphatic carbocycles. The van der Waals surface area contributed by atoms with Crippen LogP contribution in [-0.4, -0.2) is 43.5 Å². The number of benzene rings is 1. The zero-order chi connectivity index (χ0) is 19.4. The summed E-state index contributed by atoms with van der Waals surface area (Å²) in [6.07, 6.45) is 3.17.